The van der Waals surface area contributed by atoms with Gasteiger partial charge in [-0.05, 0) is 12.8 Å². The summed E-state index contributed by atoms with van der Waals surface area (Å²) in [6.45, 7) is 2.06. The second kappa shape index (κ2) is 7.74. The fraction of sp³-hybridized carbons (Fsp3) is 0.692. The van der Waals surface area contributed by atoms with Crippen molar-refractivity contribution in [3.05, 3.63) is 0 Å². The topological polar surface area (TPSA) is 117 Å². The third-order valence-corrected chi connectivity index (χ3v) is 3.36. The van der Waals surface area contributed by atoms with E-state index in [-0.39, 0.29) is 24.8 Å². The van der Waals surface area contributed by atoms with Crippen molar-refractivity contribution < 1.29 is 23.9 Å². The van der Waals surface area contributed by atoms with E-state index in [1.807, 2.05) is 5.43 Å². The highest BCUT2D eigenvalue weighted by atomic mass is 16.5. The Morgan fingerprint density at radius 2 is 1.64 bits per heavy atom. The van der Waals surface area contributed by atoms with Crippen molar-refractivity contribution in [3.63, 3.8) is 0 Å². The molecule has 2 rings (SSSR count). The van der Waals surface area contributed by atoms with Crippen LogP contribution in [0.4, 0.5) is 0 Å². The minimum atomic E-state index is -0.917. The molecular formula is C13H20N4O5. The molecule has 9 heteroatoms. The second-order valence-corrected chi connectivity index (χ2v) is 5.24. The lowest BCUT2D eigenvalue weighted by Gasteiger charge is -2.26. The monoisotopic (exact) mass is 312 g/mol. The van der Waals surface area contributed by atoms with Gasteiger partial charge < -0.3 is 15.0 Å². The molecule has 4 amide bonds. The van der Waals surface area contributed by atoms with Crippen LogP contribution in [0.25, 0.3) is 0 Å². The smallest absolute Gasteiger partial charge is 0.327 e. The summed E-state index contributed by atoms with van der Waals surface area (Å²) in [7, 11) is 0. The second-order valence-electron chi connectivity index (χ2n) is 5.24. The predicted octanol–water partition coefficient (Wildman–Crippen LogP) is -1.95. The van der Waals surface area contributed by atoms with Crippen molar-refractivity contribution in [2.75, 3.05) is 26.3 Å². The summed E-state index contributed by atoms with van der Waals surface area (Å²) in [5, 5.41) is 2.50. The average Bonchev–Trinajstić information content (AvgIpc) is 3.34. The van der Waals surface area contributed by atoms with Crippen LogP contribution in [0.1, 0.15) is 25.7 Å². The Bertz CT molecular complexity index is 457. The van der Waals surface area contributed by atoms with Crippen molar-refractivity contribution >= 4 is 23.6 Å². The first-order valence-corrected chi connectivity index (χ1v) is 7.31. The molecule has 9 nitrogen and oxygen atoms in total. The molecule has 0 unspecified atom stereocenters. The van der Waals surface area contributed by atoms with Crippen molar-refractivity contribution in [2.45, 2.75) is 31.7 Å². The Labute approximate surface area is 127 Å². The number of carbonyl (C=O) groups is 4. The van der Waals surface area contributed by atoms with Gasteiger partial charge in [0.05, 0.1) is 13.2 Å². The van der Waals surface area contributed by atoms with Gasteiger partial charge in [0.15, 0.2) is 0 Å². The van der Waals surface area contributed by atoms with Crippen LogP contribution in [0.2, 0.25) is 0 Å². The number of rotatable bonds is 4. The molecule has 0 bridgehead atoms. The lowest BCUT2D eigenvalue weighted by Crippen LogP contribution is -2.49. The number of ether oxygens (including phenoxy) is 1. The molecule has 0 atom stereocenters. The molecule has 22 heavy (non-hydrogen) atoms. The lowest BCUT2D eigenvalue weighted by molar-refractivity contribution is -0.141. The van der Waals surface area contributed by atoms with Crippen molar-refractivity contribution in [1.29, 1.82) is 0 Å². The van der Waals surface area contributed by atoms with Crippen LogP contribution in [0, 0.1) is 0 Å². The Balaban J connectivity index is 1.59. The quantitative estimate of drug-likeness (QED) is 0.412. The van der Waals surface area contributed by atoms with E-state index < -0.39 is 17.7 Å². The summed E-state index contributed by atoms with van der Waals surface area (Å²) in [6, 6.07) is 0.0695. The van der Waals surface area contributed by atoms with Gasteiger partial charge >= 0.3 is 11.8 Å². The van der Waals surface area contributed by atoms with Crippen molar-refractivity contribution in [1.82, 2.24) is 21.1 Å². The maximum absolute atomic E-state index is 11.8. The average molecular weight is 312 g/mol. The molecule has 1 saturated carbocycles. The molecule has 122 valence electrons. The van der Waals surface area contributed by atoms with Gasteiger partial charge in [-0.25, -0.2) is 0 Å². The van der Waals surface area contributed by atoms with Gasteiger partial charge in [0.25, 0.3) is 0 Å². The number of amides is 4. The number of nitrogens with zero attached hydrogens (tertiary/aromatic N) is 1. The first-order chi connectivity index (χ1) is 10.6. The SMILES string of the molecule is O=C(CCC(=O)N1CCOCC1)NNC(=O)C(=O)NC1CC1. The third kappa shape index (κ3) is 5.32. The minimum Gasteiger partial charge on any atom is -0.378 e. The van der Waals surface area contributed by atoms with Crippen molar-refractivity contribution in [2.24, 2.45) is 0 Å². The largest absolute Gasteiger partial charge is 0.378 e. The highest BCUT2D eigenvalue weighted by molar-refractivity contribution is 6.35. The predicted molar refractivity (Wildman–Crippen MR) is 74.1 cm³/mol. The molecular weight excluding hydrogens is 292 g/mol. The van der Waals surface area contributed by atoms with Crippen LogP contribution in [0.5, 0.6) is 0 Å². The molecule has 0 aromatic carbocycles. The molecule has 0 radical (unpaired) electrons. The van der Waals surface area contributed by atoms with E-state index in [9.17, 15) is 19.2 Å². The summed E-state index contributed by atoms with van der Waals surface area (Å²) >= 11 is 0. The van der Waals surface area contributed by atoms with Gasteiger partial charge in [0, 0.05) is 32.0 Å². The molecule has 1 saturated heterocycles. The number of hydrogen-bond acceptors (Lipinski definition) is 5. The first kappa shape index (κ1) is 16.2. The van der Waals surface area contributed by atoms with E-state index in [4.69, 9.17) is 4.74 Å². The summed E-state index contributed by atoms with van der Waals surface area (Å²) < 4.78 is 5.14. The normalized spacial score (nSPS) is 17.5. The Morgan fingerprint density at radius 1 is 0.955 bits per heavy atom. The number of nitrogens with one attached hydrogen (secondary N) is 3. The molecule has 1 aliphatic carbocycles. The highest BCUT2D eigenvalue weighted by Gasteiger charge is 2.26. The Kier molecular flexibility index (Phi) is 5.70. The van der Waals surface area contributed by atoms with E-state index in [0.717, 1.165) is 12.8 Å². The Hall–Kier alpha value is -2.16. The van der Waals surface area contributed by atoms with Gasteiger partial charge in [-0.2, -0.15) is 0 Å². The molecule has 0 aromatic heterocycles. The summed E-state index contributed by atoms with van der Waals surface area (Å²) in [5.41, 5.74) is 4.14. The molecule has 1 heterocycles. The van der Waals surface area contributed by atoms with E-state index in [1.54, 1.807) is 4.90 Å². The lowest BCUT2D eigenvalue weighted by atomic mass is 10.2. The molecule has 1 aliphatic heterocycles. The minimum absolute atomic E-state index is 0.0516. The van der Waals surface area contributed by atoms with E-state index >= 15 is 0 Å². The van der Waals surface area contributed by atoms with E-state index in [0.29, 0.717) is 26.3 Å². The standard InChI is InChI=1S/C13H20N4O5/c18-10(3-4-11(19)17-5-7-22-8-6-17)15-16-13(21)12(20)14-9-1-2-9/h9H,1-8H2,(H,14,20)(H,15,18)(H,16,21). The number of morpholine rings is 1. The van der Waals surface area contributed by atoms with Gasteiger partial charge in [-0.3, -0.25) is 30.0 Å². The fourth-order valence-electron chi connectivity index (χ4n) is 1.92. The summed E-state index contributed by atoms with van der Waals surface area (Å²) in [6.07, 6.45) is 1.74. The van der Waals surface area contributed by atoms with E-state index in [1.165, 1.54) is 0 Å². The molecule has 3 N–H and O–H groups in total. The first-order valence-electron chi connectivity index (χ1n) is 7.31. The highest BCUT2D eigenvalue weighted by Crippen LogP contribution is 2.18. The van der Waals surface area contributed by atoms with E-state index in [2.05, 4.69) is 10.7 Å². The Morgan fingerprint density at radius 3 is 2.27 bits per heavy atom. The molecule has 2 aliphatic rings. The molecule has 0 aromatic rings. The van der Waals surface area contributed by atoms with Crippen molar-refractivity contribution in [3.8, 4) is 0 Å². The van der Waals surface area contributed by atoms with Crippen LogP contribution >= 0.6 is 0 Å². The molecule has 2 fully saturated rings. The number of carbonyl (C=O) groups excluding carboxylic acids is 4. The number of hydrogen-bond donors (Lipinski definition) is 3. The van der Waals surface area contributed by atoms with Gasteiger partial charge in [0.1, 0.15) is 0 Å². The van der Waals surface area contributed by atoms with Gasteiger partial charge in [-0.15, -0.1) is 0 Å². The zero-order valence-corrected chi connectivity index (χ0v) is 12.2. The summed E-state index contributed by atoms with van der Waals surface area (Å²) in [5.74, 6) is -2.34. The third-order valence-electron chi connectivity index (χ3n) is 3.36. The molecule has 0 spiro atoms. The summed E-state index contributed by atoms with van der Waals surface area (Å²) in [4.78, 5) is 47.7. The van der Waals surface area contributed by atoms with Crippen LogP contribution in [0.3, 0.4) is 0 Å². The maximum Gasteiger partial charge on any atom is 0.327 e. The van der Waals surface area contributed by atoms with Crippen LogP contribution in [-0.4, -0.2) is 60.9 Å². The van der Waals surface area contributed by atoms with Crippen LogP contribution in [-0.2, 0) is 23.9 Å². The van der Waals surface area contributed by atoms with Crippen LogP contribution in [0.15, 0.2) is 0 Å². The number of hydrazine groups is 1. The maximum atomic E-state index is 11.8. The zero-order valence-electron chi connectivity index (χ0n) is 12.2. The van der Waals surface area contributed by atoms with Gasteiger partial charge in [0.2, 0.25) is 11.8 Å². The fourth-order valence-corrected chi connectivity index (χ4v) is 1.92. The zero-order chi connectivity index (χ0) is 15.9. The van der Waals surface area contributed by atoms with Gasteiger partial charge in [-0.1, -0.05) is 0 Å². The van der Waals surface area contributed by atoms with Crippen LogP contribution < -0.4 is 16.2 Å².